The summed E-state index contributed by atoms with van der Waals surface area (Å²) in [7, 11) is 1.69. The third-order valence-corrected chi connectivity index (χ3v) is 4.03. The van der Waals surface area contributed by atoms with Crippen LogP contribution in [0, 0.1) is 0 Å². The minimum Gasteiger partial charge on any atom is -0.358 e. The smallest absolute Gasteiger partial charge is 0.238 e. The van der Waals surface area contributed by atoms with Gasteiger partial charge in [-0.05, 0) is 10.9 Å². The second-order valence-electron chi connectivity index (χ2n) is 5.32. The quantitative estimate of drug-likeness (QED) is 0.873. The first-order valence-electron chi connectivity index (χ1n) is 7.27. The van der Waals surface area contributed by atoms with Gasteiger partial charge in [0.2, 0.25) is 5.91 Å². The molecular weight excluding hydrogens is 264 g/mol. The number of nitrogens with zero attached hydrogens (tertiary/aromatic N) is 2. The van der Waals surface area contributed by atoms with E-state index in [9.17, 15) is 4.79 Å². The van der Waals surface area contributed by atoms with E-state index in [1.54, 1.807) is 7.05 Å². The van der Waals surface area contributed by atoms with Gasteiger partial charge < -0.3 is 10.6 Å². The van der Waals surface area contributed by atoms with Crippen LogP contribution < -0.4 is 10.6 Å². The minimum absolute atomic E-state index is 0.0652. The fourth-order valence-electron chi connectivity index (χ4n) is 2.88. The fraction of sp³-hybridized carbons (Fsp3) is 0.375. The van der Waals surface area contributed by atoms with E-state index >= 15 is 0 Å². The van der Waals surface area contributed by atoms with Crippen LogP contribution in [0.3, 0.4) is 0 Å². The molecule has 1 saturated heterocycles. The number of benzene rings is 1. The highest BCUT2D eigenvalue weighted by molar-refractivity contribution is 5.85. The van der Waals surface area contributed by atoms with Crippen LogP contribution in [0.5, 0.6) is 0 Å². The molecule has 1 aliphatic heterocycles. The molecule has 0 aliphatic carbocycles. The number of carbonyl (C=O) groups is 1. The molecule has 5 heteroatoms. The molecule has 0 spiro atoms. The molecule has 1 fully saturated rings. The molecule has 21 heavy (non-hydrogen) atoms. The number of piperazine rings is 1. The number of fused-ring (bicyclic) bond motifs is 1. The Bertz CT molecular complexity index is 638. The van der Waals surface area contributed by atoms with Gasteiger partial charge in [-0.1, -0.05) is 24.3 Å². The van der Waals surface area contributed by atoms with Crippen molar-refractivity contribution in [3.05, 3.63) is 42.2 Å². The van der Waals surface area contributed by atoms with Gasteiger partial charge in [0.1, 0.15) is 6.04 Å². The Balaban J connectivity index is 1.88. The largest absolute Gasteiger partial charge is 0.358 e. The molecule has 1 amide bonds. The Morgan fingerprint density at radius 1 is 1.43 bits per heavy atom. The number of likely N-dealkylation sites (N-methyl/N-ethyl adjacent to an activating group) is 1. The first-order valence-corrected chi connectivity index (χ1v) is 7.27. The normalized spacial score (nSPS) is 19.6. The molecule has 2 heterocycles. The summed E-state index contributed by atoms with van der Waals surface area (Å²) < 4.78 is 0. The molecular formula is C16H20N4O. The third kappa shape index (κ3) is 2.89. The van der Waals surface area contributed by atoms with Gasteiger partial charge >= 0.3 is 0 Å². The molecule has 0 saturated carbocycles. The molecule has 110 valence electrons. The number of hydrogen-bond donors (Lipinski definition) is 2. The lowest BCUT2D eigenvalue weighted by molar-refractivity contribution is -0.126. The molecule has 2 N–H and O–H groups in total. The van der Waals surface area contributed by atoms with Gasteiger partial charge in [-0.3, -0.25) is 14.7 Å². The van der Waals surface area contributed by atoms with Crippen molar-refractivity contribution >= 4 is 16.7 Å². The zero-order chi connectivity index (χ0) is 14.7. The predicted octanol–water partition coefficient (Wildman–Crippen LogP) is 0.755. The van der Waals surface area contributed by atoms with Crippen LogP contribution in [-0.2, 0) is 11.3 Å². The highest BCUT2D eigenvalue weighted by Crippen LogP contribution is 2.20. The van der Waals surface area contributed by atoms with E-state index in [0.29, 0.717) is 6.54 Å². The summed E-state index contributed by atoms with van der Waals surface area (Å²) in [6, 6.07) is 8.12. The zero-order valence-electron chi connectivity index (χ0n) is 12.2. The second-order valence-corrected chi connectivity index (χ2v) is 5.32. The number of amides is 1. The van der Waals surface area contributed by atoms with E-state index in [2.05, 4.69) is 32.7 Å². The predicted molar refractivity (Wildman–Crippen MR) is 82.9 cm³/mol. The average molecular weight is 284 g/mol. The summed E-state index contributed by atoms with van der Waals surface area (Å²) in [6.07, 6.45) is 3.79. The molecule has 1 aromatic heterocycles. The SMILES string of the molecule is CNC(=O)C1CNCCN1Cc1cncc2ccccc12. The van der Waals surface area contributed by atoms with Crippen molar-refractivity contribution in [1.29, 1.82) is 0 Å². The van der Waals surface area contributed by atoms with Crippen molar-refractivity contribution in [2.75, 3.05) is 26.7 Å². The highest BCUT2D eigenvalue weighted by Gasteiger charge is 2.28. The lowest BCUT2D eigenvalue weighted by Gasteiger charge is -2.35. The third-order valence-electron chi connectivity index (χ3n) is 4.03. The summed E-state index contributed by atoms with van der Waals surface area (Å²) in [4.78, 5) is 18.6. The summed E-state index contributed by atoms with van der Waals surface area (Å²) in [5.41, 5.74) is 1.17. The van der Waals surface area contributed by atoms with Gasteiger partial charge in [0.25, 0.3) is 0 Å². The van der Waals surface area contributed by atoms with Crippen molar-refractivity contribution in [2.45, 2.75) is 12.6 Å². The first-order chi connectivity index (χ1) is 10.3. The standard InChI is InChI=1S/C16H20N4O/c1-17-16(21)15-10-18-6-7-20(15)11-13-9-19-8-12-4-2-3-5-14(12)13/h2-5,8-9,15,18H,6-7,10-11H2,1H3,(H,17,21). The van der Waals surface area contributed by atoms with E-state index in [-0.39, 0.29) is 11.9 Å². The van der Waals surface area contributed by atoms with Gasteiger partial charge in [0, 0.05) is 51.0 Å². The lowest BCUT2D eigenvalue weighted by atomic mass is 10.1. The Morgan fingerprint density at radius 2 is 2.29 bits per heavy atom. The van der Waals surface area contributed by atoms with Gasteiger partial charge in [0.05, 0.1) is 0 Å². The van der Waals surface area contributed by atoms with Crippen LogP contribution in [-0.4, -0.2) is 48.5 Å². The number of aromatic nitrogens is 1. The zero-order valence-corrected chi connectivity index (χ0v) is 12.2. The monoisotopic (exact) mass is 284 g/mol. The van der Waals surface area contributed by atoms with E-state index in [0.717, 1.165) is 25.0 Å². The van der Waals surface area contributed by atoms with Gasteiger partial charge in [-0.15, -0.1) is 0 Å². The highest BCUT2D eigenvalue weighted by atomic mass is 16.2. The van der Waals surface area contributed by atoms with Crippen molar-refractivity contribution in [2.24, 2.45) is 0 Å². The van der Waals surface area contributed by atoms with Crippen molar-refractivity contribution in [1.82, 2.24) is 20.5 Å². The van der Waals surface area contributed by atoms with E-state index in [1.807, 2.05) is 24.5 Å². The van der Waals surface area contributed by atoms with Crippen LogP contribution in [0.1, 0.15) is 5.56 Å². The van der Waals surface area contributed by atoms with Gasteiger partial charge in [0.15, 0.2) is 0 Å². The molecule has 1 aromatic carbocycles. The molecule has 5 nitrogen and oxygen atoms in total. The molecule has 1 aliphatic rings. The van der Waals surface area contributed by atoms with Crippen LogP contribution >= 0.6 is 0 Å². The summed E-state index contributed by atoms with van der Waals surface area (Å²) in [5, 5.41) is 8.39. The molecule has 1 unspecified atom stereocenters. The van der Waals surface area contributed by atoms with Crippen molar-refractivity contribution in [3.8, 4) is 0 Å². The van der Waals surface area contributed by atoms with Gasteiger partial charge in [-0.2, -0.15) is 0 Å². The Labute approximate surface area is 124 Å². The summed E-state index contributed by atoms with van der Waals surface area (Å²) in [6.45, 7) is 3.21. The van der Waals surface area contributed by atoms with Crippen LogP contribution in [0.25, 0.3) is 10.8 Å². The Morgan fingerprint density at radius 3 is 3.14 bits per heavy atom. The lowest BCUT2D eigenvalue weighted by Crippen LogP contribution is -2.56. The van der Waals surface area contributed by atoms with Crippen LogP contribution in [0.4, 0.5) is 0 Å². The second kappa shape index (κ2) is 6.20. The number of carbonyl (C=O) groups excluding carboxylic acids is 1. The molecule has 3 rings (SSSR count). The first kappa shape index (κ1) is 14.0. The topological polar surface area (TPSA) is 57.3 Å². The number of rotatable bonds is 3. The van der Waals surface area contributed by atoms with Crippen molar-refractivity contribution in [3.63, 3.8) is 0 Å². The minimum atomic E-state index is -0.122. The summed E-state index contributed by atoms with van der Waals surface area (Å²) >= 11 is 0. The number of pyridine rings is 1. The fourth-order valence-corrected chi connectivity index (χ4v) is 2.88. The Hall–Kier alpha value is -1.98. The van der Waals surface area contributed by atoms with E-state index in [1.165, 1.54) is 10.9 Å². The van der Waals surface area contributed by atoms with Crippen LogP contribution in [0.2, 0.25) is 0 Å². The Kier molecular flexibility index (Phi) is 4.13. The van der Waals surface area contributed by atoms with E-state index < -0.39 is 0 Å². The van der Waals surface area contributed by atoms with Crippen LogP contribution in [0.15, 0.2) is 36.7 Å². The number of nitrogens with one attached hydrogen (secondary N) is 2. The number of hydrogen-bond acceptors (Lipinski definition) is 4. The van der Waals surface area contributed by atoms with Crippen molar-refractivity contribution < 1.29 is 4.79 Å². The maximum Gasteiger partial charge on any atom is 0.238 e. The molecule has 0 radical (unpaired) electrons. The maximum atomic E-state index is 12.0. The van der Waals surface area contributed by atoms with E-state index in [4.69, 9.17) is 0 Å². The maximum absolute atomic E-state index is 12.0. The molecule has 1 atom stereocenters. The van der Waals surface area contributed by atoms with Gasteiger partial charge in [-0.25, -0.2) is 0 Å². The summed E-state index contributed by atoms with van der Waals surface area (Å²) in [5.74, 6) is 0.0652. The average Bonchev–Trinajstić information content (AvgIpc) is 2.55. The molecule has 2 aromatic rings. The molecule has 0 bridgehead atoms.